The van der Waals surface area contributed by atoms with Gasteiger partial charge >= 0.3 is 0 Å². The average molecular weight is 714 g/mol. The molecular weight excluding hydrogens is 679 g/mol. The van der Waals surface area contributed by atoms with Gasteiger partial charge in [-0.1, -0.05) is 176 Å². The van der Waals surface area contributed by atoms with Gasteiger partial charge in [-0.2, -0.15) is 0 Å². The van der Waals surface area contributed by atoms with Gasteiger partial charge in [-0.05, 0) is 96.5 Å². The summed E-state index contributed by atoms with van der Waals surface area (Å²) in [5.74, 6) is 0. The molecule has 2 nitrogen and oxygen atoms in total. The van der Waals surface area contributed by atoms with Gasteiger partial charge in [0.1, 0.15) is 5.58 Å². The third-order valence-electron chi connectivity index (χ3n) is 11.2. The molecule has 11 aromatic rings. The quantitative estimate of drug-likeness (QED) is 0.160. The Hall–Kier alpha value is -7.42. The van der Waals surface area contributed by atoms with Gasteiger partial charge in [0.2, 0.25) is 0 Å². The number of benzene rings is 10. The van der Waals surface area contributed by atoms with Crippen LogP contribution >= 0.6 is 0 Å². The van der Waals surface area contributed by atoms with E-state index in [-0.39, 0.29) is 0 Å². The number of fused-ring (bicyclic) bond motifs is 7. The lowest BCUT2D eigenvalue weighted by Crippen LogP contribution is -2.10. The van der Waals surface area contributed by atoms with Crippen molar-refractivity contribution in [2.75, 3.05) is 4.90 Å². The maximum absolute atomic E-state index is 7.20. The summed E-state index contributed by atoms with van der Waals surface area (Å²) in [5, 5.41) is 9.60. The van der Waals surface area contributed by atoms with Gasteiger partial charge in [-0.15, -0.1) is 0 Å². The lowest BCUT2D eigenvalue weighted by molar-refractivity contribution is 0.670. The van der Waals surface area contributed by atoms with E-state index in [4.69, 9.17) is 4.42 Å². The van der Waals surface area contributed by atoms with Gasteiger partial charge in [-0.25, -0.2) is 0 Å². The first kappa shape index (κ1) is 32.0. The van der Waals surface area contributed by atoms with Crippen LogP contribution in [0.5, 0.6) is 0 Å². The summed E-state index contributed by atoms with van der Waals surface area (Å²) in [6, 6.07) is 76.3. The molecule has 0 unspecified atom stereocenters. The highest BCUT2D eigenvalue weighted by Crippen LogP contribution is 2.47. The largest absolute Gasteiger partial charge is 0.453 e. The van der Waals surface area contributed by atoms with E-state index < -0.39 is 0 Å². The molecule has 0 amide bonds. The van der Waals surface area contributed by atoms with Crippen LogP contribution in [0.2, 0.25) is 0 Å². The second-order valence-electron chi connectivity index (χ2n) is 14.5. The Kier molecular flexibility index (Phi) is 7.53. The topological polar surface area (TPSA) is 16.4 Å². The number of furan rings is 1. The molecule has 0 aliphatic heterocycles. The molecule has 0 spiro atoms. The molecule has 2 heteroatoms. The maximum Gasteiger partial charge on any atom is 0.159 e. The first-order valence-electron chi connectivity index (χ1n) is 19.2. The molecule has 0 saturated carbocycles. The zero-order valence-corrected chi connectivity index (χ0v) is 30.6. The second-order valence-corrected chi connectivity index (χ2v) is 14.5. The van der Waals surface area contributed by atoms with Crippen molar-refractivity contribution in [3.05, 3.63) is 212 Å². The molecule has 0 radical (unpaired) electrons. The molecule has 0 saturated heterocycles. The fraction of sp³-hybridized carbons (Fsp3) is 0. The predicted molar refractivity (Wildman–Crippen MR) is 237 cm³/mol. The van der Waals surface area contributed by atoms with E-state index in [0.29, 0.717) is 0 Å². The van der Waals surface area contributed by atoms with Crippen molar-refractivity contribution in [2.45, 2.75) is 0 Å². The first-order valence-corrected chi connectivity index (χ1v) is 19.2. The predicted octanol–water partition coefficient (Wildman–Crippen LogP) is 15.5. The van der Waals surface area contributed by atoms with Gasteiger partial charge in [0.05, 0.1) is 5.69 Å². The van der Waals surface area contributed by atoms with Crippen LogP contribution in [0, 0.1) is 0 Å². The normalized spacial score (nSPS) is 11.6. The van der Waals surface area contributed by atoms with E-state index in [1.165, 1.54) is 43.4 Å². The summed E-state index contributed by atoms with van der Waals surface area (Å²) >= 11 is 0. The molecular formula is C54H35NO. The summed E-state index contributed by atoms with van der Waals surface area (Å²) in [6.45, 7) is 0. The van der Waals surface area contributed by atoms with E-state index in [1.807, 2.05) is 0 Å². The Morgan fingerprint density at radius 1 is 0.304 bits per heavy atom. The Balaban J connectivity index is 1.16. The first-order chi connectivity index (χ1) is 27.8. The van der Waals surface area contributed by atoms with Crippen LogP contribution in [-0.4, -0.2) is 0 Å². The minimum atomic E-state index is 0.847. The van der Waals surface area contributed by atoms with Crippen LogP contribution in [0.15, 0.2) is 217 Å². The van der Waals surface area contributed by atoms with Crippen molar-refractivity contribution in [2.24, 2.45) is 0 Å². The van der Waals surface area contributed by atoms with Gasteiger partial charge in [0.25, 0.3) is 0 Å². The number of anilines is 3. The Morgan fingerprint density at radius 3 is 1.64 bits per heavy atom. The van der Waals surface area contributed by atoms with Crippen LogP contribution in [0.4, 0.5) is 17.1 Å². The van der Waals surface area contributed by atoms with Crippen molar-refractivity contribution in [3.8, 4) is 33.4 Å². The summed E-state index contributed by atoms with van der Waals surface area (Å²) in [7, 11) is 0. The average Bonchev–Trinajstić information content (AvgIpc) is 3.67. The number of nitrogens with zero attached hydrogens (tertiary/aromatic N) is 1. The lowest BCUT2D eigenvalue weighted by Gasteiger charge is -2.26. The van der Waals surface area contributed by atoms with Crippen molar-refractivity contribution in [3.63, 3.8) is 0 Å². The van der Waals surface area contributed by atoms with Crippen LogP contribution in [0.3, 0.4) is 0 Å². The smallest absolute Gasteiger partial charge is 0.159 e. The summed E-state index contributed by atoms with van der Waals surface area (Å²) < 4.78 is 7.20. The molecule has 10 aromatic carbocycles. The SMILES string of the molecule is c1ccc(-c2ccc(-c3ccccc3)c3c2oc2c(N(c4ccc(-c5cccc6ccccc56)cc4)c4ccc5c(ccc6ccccc65)c4)cccc23)cc1. The molecule has 0 atom stereocenters. The van der Waals surface area contributed by atoms with E-state index in [2.05, 4.69) is 217 Å². The Labute approximate surface area is 325 Å². The Morgan fingerprint density at radius 2 is 0.857 bits per heavy atom. The molecule has 11 rings (SSSR count). The molecule has 0 aliphatic carbocycles. The third kappa shape index (κ3) is 5.26. The number of hydrogen-bond donors (Lipinski definition) is 0. The molecule has 0 fully saturated rings. The highest BCUT2D eigenvalue weighted by molar-refractivity contribution is 6.19. The van der Waals surface area contributed by atoms with Crippen LogP contribution < -0.4 is 4.90 Å². The third-order valence-corrected chi connectivity index (χ3v) is 11.2. The summed E-state index contributed by atoms with van der Waals surface area (Å²) in [5.41, 5.74) is 11.7. The van der Waals surface area contributed by atoms with Crippen molar-refractivity contribution in [1.82, 2.24) is 0 Å². The molecule has 0 N–H and O–H groups in total. The minimum absolute atomic E-state index is 0.847. The fourth-order valence-corrected chi connectivity index (χ4v) is 8.60. The Bertz CT molecular complexity index is 3230. The summed E-state index contributed by atoms with van der Waals surface area (Å²) in [4.78, 5) is 2.36. The van der Waals surface area contributed by atoms with Crippen molar-refractivity contribution < 1.29 is 4.42 Å². The van der Waals surface area contributed by atoms with Gasteiger partial charge in [0.15, 0.2) is 5.58 Å². The van der Waals surface area contributed by atoms with Crippen molar-refractivity contribution in [1.29, 1.82) is 0 Å². The molecule has 0 bridgehead atoms. The lowest BCUT2D eigenvalue weighted by atomic mass is 9.94. The molecule has 56 heavy (non-hydrogen) atoms. The van der Waals surface area contributed by atoms with Crippen LogP contribution in [0.25, 0.3) is 87.6 Å². The standard InChI is InChI=1S/C54H35NO/c1-3-13-37(14-4-1)48-33-34-49(38-15-5-2-6-16-38)54-52(48)50-23-12-24-51(53(50)56-54)55(43-31-32-47-41(35-43)26-25-39-18-8-10-21-45(39)47)42-29-27-40(28-30-42)46-22-11-19-36-17-7-9-20-44(36)46/h1-35H. The fourth-order valence-electron chi connectivity index (χ4n) is 8.60. The highest BCUT2D eigenvalue weighted by Gasteiger charge is 2.23. The van der Waals surface area contributed by atoms with E-state index in [9.17, 15) is 0 Å². The second kappa shape index (κ2) is 13.2. The summed E-state index contributed by atoms with van der Waals surface area (Å²) in [6.07, 6.45) is 0. The molecule has 0 aliphatic rings. The molecule has 1 aromatic heterocycles. The van der Waals surface area contributed by atoms with E-state index in [0.717, 1.165) is 61.3 Å². The zero-order valence-electron chi connectivity index (χ0n) is 30.6. The molecule has 262 valence electrons. The van der Waals surface area contributed by atoms with Gasteiger partial charge in [0, 0.05) is 27.7 Å². The number of para-hydroxylation sites is 1. The number of rotatable bonds is 6. The van der Waals surface area contributed by atoms with Gasteiger partial charge in [-0.3, -0.25) is 0 Å². The van der Waals surface area contributed by atoms with Crippen LogP contribution in [0.1, 0.15) is 0 Å². The van der Waals surface area contributed by atoms with Gasteiger partial charge < -0.3 is 9.32 Å². The number of hydrogen-bond acceptors (Lipinski definition) is 2. The van der Waals surface area contributed by atoms with Crippen LogP contribution in [-0.2, 0) is 0 Å². The van der Waals surface area contributed by atoms with E-state index >= 15 is 0 Å². The monoisotopic (exact) mass is 713 g/mol. The van der Waals surface area contributed by atoms with Crippen molar-refractivity contribution >= 4 is 71.3 Å². The minimum Gasteiger partial charge on any atom is -0.453 e. The zero-order chi connectivity index (χ0) is 37.0. The maximum atomic E-state index is 7.20. The molecule has 1 heterocycles. The van der Waals surface area contributed by atoms with E-state index in [1.54, 1.807) is 0 Å². The highest BCUT2D eigenvalue weighted by atomic mass is 16.3.